The molecule has 0 amide bonds. The van der Waals surface area contributed by atoms with Crippen molar-refractivity contribution in [2.24, 2.45) is 0 Å². The molecule has 13 heavy (non-hydrogen) atoms. The average Bonchev–Trinajstić information content (AvgIpc) is 2.15. The van der Waals surface area contributed by atoms with Crippen molar-refractivity contribution in [1.29, 1.82) is 0 Å². The molecular weight excluding hydrogens is 275 g/mol. The highest BCUT2D eigenvalue weighted by Crippen LogP contribution is 2.28. The molecule has 2 nitrogen and oxygen atoms in total. The zero-order chi connectivity index (χ0) is 10.0. The summed E-state index contributed by atoms with van der Waals surface area (Å²) in [5.41, 5.74) is 13.6. The number of halogens is 1. The fraction of sp³-hybridized carbons (Fsp3) is 0. The van der Waals surface area contributed by atoms with E-state index in [1.54, 1.807) is 6.07 Å². The lowest BCUT2D eigenvalue weighted by atomic mass is 10.1. The summed E-state index contributed by atoms with van der Waals surface area (Å²) in [6, 6.07) is 1.65. The van der Waals surface area contributed by atoms with Crippen LogP contribution in [0.25, 0.3) is 0 Å². The van der Waals surface area contributed by atoms with Crippen molar-refractivity contribution in [1.82, 2.24) is 0 Å². The van der Waals surface area contributed by atoms with Gasteiger partial charge in [-0.1, -0.05) is 11.8 Å². The van der Waals surface area contributed by atoms with E-state index in [9.17, 15) is 0 Å². The van der Waals surface area contributed by atoms with Gasteiger partial charge < -0.3 is 11.5 Å². The highest BCUT2D eigenvalue weighted by atomic mass is 127. The van der Waals surface area contributed by atoms with Gasteiger partial charge in [-0.25, -0.2) is 0 Å². The number of anilines is 2. The Bertz CT molecular complexity index is 397. The molecule has 0 atom stereocenters. The Balaban J connectivity index is 3.60. The summed E-state index contributed by atoms with van der Waals surface area (Å²) in [5, 5.41) is 0. The third-order valence-electron chi connectivity index (χ3n) is 1.65. The summed E-state index contributed by atoms with van der Waals surface area (Å²) in [6.45, 7) is 0. The van der Waals surface area contributed by atoms with E-state index < -0.39 is 0 Å². The summed E-state index contributed by atoms with van der Waals surface area (Å²) in [6.07, 6.45) is 10.5. The van der Waals surface area contributed by atoms with Crippen LogP contribution in [-0.4, -0.2) is 0 Å². The van der Waals surface area contributed by atoms with Crippen LogP contribution in [0.3, 0.4) is 0 Å². The van der Waals surface area contributed by atoms with Crippen LogP contribution in [0.2, 0.25) is 0 Å². The van der Waals surface area contributed by atoms with Crippen LogP contribution >= 0.6 is 22.6 Å². The molecule has 3 heteroatoms. The topological polar surface area (TPSA) is 52.0 Å². The number of hydrogen-bond donors (Lipinski definition) is 2. The molecule has 4 N–H and O–H groups in total. The summed E-state index contributed by atoms with van der Waals surface area (Å²) < 4.78 is 0.723. The predicted molar refractivity (Wildman–Crippen MR) is 63.9 cm³/mol. The Morgan fingerprint density at radius 2 is 1.46 bits per heavy atom. The van der Waals surface area contributed by atoms with Crippen molar-refractivity contribution in [3.8, 4) is 24.7 Å². The molecule has 1 rings (SSSR count). The average molecular weight is 282 g/mol. The van der Waals surface area contributed by atoms with E-state index in [1.165, 1.54) is 0 Å². The molecule has 0 aliphatic carbocycles. The zero-order valence-electron chi connectivity index (χ0n) is 6.76. The van der Waals surface area contributed by atoms with Gasteiger partial charge in [-0.05, 0) is 28.7 Å². The normalized spacial score (nSPS) is 8.85. The number of nitrogen functional groups attached to an aromatic ring is 2. The molecule has 0 saturated carbocycles. The summed E-state index contributed by atoms with van der Waals surface area (Å²) in [5.74, 6) is 4.91. The molecule has 64 valence electrons. The molecule has 1 aromatic carbocycles. The summed E-state index contributed by atoms with van der Waals surface area (Å²) in [7, 11) is 0. The monoisotopic (exact) mass is 282 g/mol. The Kier molecular flexibility index (Phi) is 2.69. The minimum absolute atomic E-state index is 0.514. The van der Waals surface area contributed by atoms with Crippen molar-refractivity contribution in [2.45, 2.75) is 0 Å². The first kappa shape index (κ1) is 9.76. The van der Waals surface area contributed by atoms with Gasteiger partial charge in [0.25, 0.3) is 0 Å². The molecular formula is C10H7IN2. The highest BCUT2D eigenvalue weighted by Gasteiger charge is 2.08. The summed E-state index contributed by atoms with van der Waals surface area (Å²) >= 11 is 2.03. The largest absolute Gasteiger partial charge is 0.397 e. The van der Waals surface area contributed by atoms with E-state index in [1.807, 2.05) is 22.6 Å². The highest BCUT2D eigenvalue weighted by molar-refractivity contribution is 14.1. The molecule has 0 aliphatic heterocycles. The fourth-order valence-electron chi connectivity index (χ4n) is 0.920. The van der Waals surface area contributed by atoms with Gasteiger partial charge in [-0.3, -0.25) is 0 Å². The van der Waals surface area contributed by atoms with Crippen molar-refractivity contribution in [3.05, 3.63) is 20.8 Å². The van der Waals surface area contributed by atoms with Gasteiger partial charge in [0.1, 0.15) is 0 Å². The SMILES string of the molecule is C#Cc1cc(C#C)c(N)c(I)c1N. The van der Waals surface area contributed by atoms with Crippen molar-refractivity contribution < 1.29 is 0 Å². The van der Waals surface area contributed by atoms with Crippen molar-refractivity contribution >= 4 is 34.0 Å². The molecule has 1 aromatic rings. The van der Waals surface area contributed by atoms with Gasteiger partial charge in [-0.2, -0.15) is 0 Å². The van der Waals surface area contributed by atoms with Gasteiger partial charge in [-0.15, -0.1) is 12.8 Å². The van der Waals surface area contributed by atoms with E-state index in [4.69, 9.17) is 24.3 Å². The second-order valence-corrected chi connectivity index (χ2v) is 3.48. The first-order chi connectivity index (χ1) is 6.11. The van der Waals surface area contributed by atoms with E-state index in [0.717, 1.165) is 3.57 Å². The first-order valence-electron chi connectivity index (χ1n) is 3.42. The quantitative estimate of drug-likeness (QED) is 0.429. The third kappa shape index (κ3) is 1.56. The molecule has 0 heterocycles. The van der Waals surface area contributed by atoms with Crippen LogP contribution in [0.15, 0.2) is 6.07 Å². The van der Waals surface area contributed by atoms with E-state index >= 15 is 0 Å². The van der Waals surface area contributed by atoms with Crippen LogP contribution in [0, 0.1) is 28.3 Å². The van der Waals surface area contributed by atoms with E-state index in [2.05, 4.69) is 11.8 Å². The van der Waals surface area contributed by atoms with Crippen molar-refractivity contribution in [3.63, 3.8) is 0 Å². The lowest BCUT2D eigenvalue weighted by molar-refractivity contribution is 1.54. The molecule has 0 spiro atoms. The maximum atomic E-state index is 5.72. The van der Waals surface area contributed by atoms with Crippen molar-refractivity contribution in [2.75, 3.05) is 11.5 Å². The standard InChI is InChI=1S/C10H7IN2/c1-3-6-5-7(4-2)10(13)8(11)9(6)12/h1-2,5H,12-13H2. The smallest absolute Gasteiger partial charge is 0.0630 e. The Morgan fingerprint density at radius 3 is 1.77 bits per heavy atom. The second kappa shape index (κ2) is 3.59. The van der Waals surface area contributed by atoms with E-state index in [0.29, 0.717) is 22.5 Å². The minimum atomic E-state index is 0.514. The van der Waals surface area contributed by atoms with Crippen LogP contribution in [0.5, 0.6) is 0 Å². The number of nitrogens with two attached hydrogens (primary N) is 2. The molecule has 0 radical (unpaired) electrons. The molecule has 0 bridgehead atoms. The third-order valence-corrected chi connectivity index (χ3v) is 2.82. The molecule has 0 saturated heterocycles. The number of rotatable bonds is 0. The van der Waals surface area contributed by atoms with Crippen LogP contribution in [-0.2, 0) is 0 Å². The lowest BCUT2D eigenvalue weighted by Crippen LogP contribution is -2.01. The van der Waals surface area contributed by atoms with Crippen LogP contribution in [0.1, 0.15) is 11.1 Å². The Hall–Kier alpha value is -1.33. The summed E-state index contributed by atoms with van der Waals surface area (Å²) in [4.78, 5) is 0. The Labute approximate surface area is 90.8 Å². The Morgan fingerprint density at radius 1 is 1.08 bits per heavy atom. The number of terminal acetylenes is 2. The van der Waals surface area contributed by atoms with Crippen LogP contribution < -0.4 is 11.5 Å². The van der Waals surface area contributed by atoms with Gasteiger partial charge in [0, 0.05) is 11.1 Å². The zero-order valence-corrected chi connectivity index (χ0v) is 8.92. The number of hydrogen-bond acceptors (Lipinski definition) is 2. The van der Waals surface area contributed by atoms with Crippen LogP contribution in [0.4, 0.5) is 11.4 Å². The van der Waals surface area contributed by atoms with Gasteiger partial charge in [0.15, 0.2) is 0 Å². The second-order valence-electron chi connectivity index (χ2n) is 2.40. The van der Waals surface area contributed by atoms with Gasteiger partial charge in [0.05, 0.1) is 14.9 Å². The maximum absolute atomic E-state index is 5.72. The molecule has 0 aromatic heterocycles. The predicted octanol–water partition coefficient (Wildman–Crippen LogP) is 1.42. The number of benzene rings is 1. The maximum Gasteiger partial charge on any atom is 0.0630 e. The van der Waals surface area contributed by atoms with Gasteiger partial charge in [0.2, 0.25) is 0 Å². The fourth-order valence-corrected chi connectivity index (χ4v) is 1.50. The first-order valence-corrected chi connectivity index (χ1v) is 4.50. The van der Waals surface area contributed by atoms with Gasteiger partial charge >= 0.3 is 0 Å². The molecule has 0 fully saturated rings. The lowest BCUT2D eigenvalue weighted by Gasteiger charge is -2.07. The molecule has 0 unspecified atom stereocenters. The minimum Gasteiger partial charge on any atom is -0.397 e. The molecule has 0 aliphatic rings. The van der Waals surface area contributed by atoms with E-state index in [-0.39, 0.29) is 0 Å².